The van der Waals surface area contributed by atoms with Gasteiger partial charge in [-0.15, -0.1) is 0 Å². The summed E-state index contributed by atoms with van der Waals surface area (Å²) in [6.45, 7) is 0. The van der Waals surface area contributed by atoms with E-state index in [9.17, 15) is 9.18 Å². The molecule has 1 aromatic rings. The molecule has 2 bridgehead atoms. The van der Waals surface area contributed by atoms with Crippen LogP contribution in [0.2, 0.25) is 0 Å². The van der Waals surface area contributed by atoms with Gasteiger partial charge in [-0.25, -0.2) is 4.39 Å². The molecule has 0 aliphatic heterocycles. The van der Waals surface area contributed by atoms with E-state index in [4.69, 9.17) is 0 Å². The Labute approximate surface area is 107 Å². The molecule has 4 rings (SSSR count). The first-order chi connectivity index (χ1) is 7.58. The van der Waals surface area contributed by atoms with E-state index >= 15 is 0 Å². The van der Waals surface area contributed by atoms with Crippen LogP contribution in [0, 0.1) is 15.3 Å². The summed E-state index contributed by atoms with van der Waals surface area (Å²) in [5.74, 6) is 0.102. The second kappa shape index (κ2) is 3.42. The van der Waals surface area contributed by atoms with Gasteiger partial charge in [-0.1, -0.05) is 0 Å². The summed E-state index contributed by atoms with van der Waals surface area (Å²) in [7, 11) is 0. The number of carbonyl (C=O) groups is 1. The van der Waals surface area contributed by atoms with Crippen LogP contribution in [0.5, 0.6) is 0 Å². The molecule has 1 aromatic carbocycles. The molecule has 0 heterocycles. The second-order valence-electron chi connectivity index (χ2n) is 4.84. The third kappa shape index (κ3) is 1.54. The Hall–Kier alpha value is -0.650. The number of benzene rings is 1. The van der Waals surface area contributed by atoms with Crippen molar-refractivity contribution in [2.75, 3.05) is 0 Å². The van der Waals surface area contributed by atoms with Crippen LogP contribution in [0.15, 0.2) is 18.2 Å². The fourth-order valence-electron chi connectivity index (χ4n) is 2.61. The van der Waals surface area contributed by atoms with Gasteiger partial charge in [0.25, 0.3) is 5.91 Å². The first kappa shape index (κ1) is 10.5. The minimum Gasteiger partial charge on any atom is -0.346 e. The zero-order valence-corrected chi connectivity index (χ0v) is 10.8. The van der Waals surface area contributed by atoms with Crippen molar-refractivity contribution < 1.29 is 9.18 Å². The summed E-state index contributed by atoms with van der Waals surface area (Å²) in [4.78, 5) is 11.9. The van der Waals surface area contributed by atoms with E-state index in [0.29, 0.717) is 0 Å². The highest BCUT2D eigenvalue weighted by Crippen LogP contribution is 2.56. The van der Waals surface area contributed by atoms with Crippen molar-refractivity contribution >= 4 is 28.5 Å². The van der Waals surface area contributed by atoms with Gasteiger partial charge in [0.1, 0.15) is 5.82 Å². The first-order valence-electron chi connectivity index (χ1n) is 5.36. The van der Waals surface area contributed by atoms with Crippen LogP contribution < -0.4 is 5.32 Å². The highest BCUT2D eigenvalue weighted by molar-refractivity contribution is 14.1. The number of nitrogens with one attached hydrogen (secondary N) is 1. The van der Waals surface area contributed by atoms with Crippen molar-refractivity contribution in [1.29, 1.82) is 0 Å². The first-order valence-corrected chi connectivity index (χ1v) is 6.43. The molecule has 3 saturated carbocycles. The molecule has 0 aromatic heterocycles. The summed E-state index contributed by atoms with van der Waals surface area (Å²) >= 11 is 2.03. The zero-order chi connectivity index (χ0) is 11.3. The minimum absolute atomic E-state index is 0.0111. The fourth-order valence-corrected chi connectivity index (χ4v) is 3.07. The molecule has 3 aliphatic rings. The predicted octanol–water partition coefficient (Wildman–Crippen LogP) is 2.71. The second-order valence-corrected chi connectivity index (χ2v) is 6.08. The Balaban J connectivity index is 1.78. The lowest BCUT2D eigenvalue weighted by molar-refractivity contribution is -0.0439. The normalized spacial score (nSPS) is 30.2. The highest BCUT2D eigenvalue weighted by atomic mass is 127. The minimum atomic E-state index is -0.434. The number of hydrogen-bond acceptors (Lipinski definition) is 1. The van der Waals surface area contributed by atoms with Crippen LogP contribution >= 0.6 is 22.6 Å². The molecule has 3 aliphatic carbocycles. The average Bonchev–Trinajstić information content (AvgIpc) is 2.09. The lowest BCUT2D eigenvalue weighted by atomic mass is 9.50. The molecule has 1 amide bonds. The Morgan fingerprint density at radius 2 is 2.12 bits per heavy atom. The Kier molecular flexibility index (Phi) is 2.24. The van der Waals surface area contributed by atoms with E-state index < -0.39 is 5.82 Å². The van der Waals surface area contributed by atoms with Crippen molar-refractivity contribution in [2.45, 2.75) is 24.8 Å². The predicted molar refractivity (Wildman–Crippen MR) is 66.7 cm³/mol. The summed E-state index contributed by atoms with van der Waals surface area (Å²) in [5.41, 5.74) is 0.169. The van der Waals surface area contributed by atoms with E-state index in [0.717, 1.165) is 28.8 Å². The van der Waals surface area contributed by atoms with Crippen molar-refractivity contribution in [3.8, 4) is 0 Å². The van der Waals surface area contributed by atoms with Crippen molar-refractivity contribution in [2.24, 2.45) is 5.92 Å². The van der Waals surface area contributed by atoms with E-state index in [2.05, 4.69) is 5.32 Å². The van der Waals surface area contributed by atoms with Gasteiger partial charge < -0.3 is 5.32 Å². The maximum absolute atomic E-state index is 13.5. The molecule has 0 spiro atoms. The number of hydrogen-bond donors (Lipinski definition) is 1. The van der Waals surface area contributed by atoms with Gasteiger partial charge in [0.2, 0.25) is 0 Å². The Bertz CT molecular complexity index is 457. The molecule has 2 nitrogen and oxygen atoms in total. The Morgan fingerprint density at radius 3 is 2.62 bits per heavy atom. The van der Waals surface area contributed by atoms with Crippen LogP contribution in [0.25, 0.3) is 0 Å². The maximum atomic E-state index is 13.5. The number of halogens is 2. The van der Waals surface area contributed by atoms with Gasteiger partial charge in [0, 0.05) is 9.11 Å². The maximum Gasteiger partial charge on any atom is 0.254 e. The quantitative estimate of drug-likeness (QED) is 0.830. The van der Waals surface area contributed by atoms with Crippen LogP contribution in [0.3, 0.4) is 0 Å². The van der Waals surface area contributed by atoms with Gasteiger partial charge in [-0.2, -0.15) is 0 Å². The van der Waals surface area contributed by atoms with Gasteiger partial charge in [0.15, 0.2) is 0 Å². The standard InChI is InChI=1S/C12H11FINO/c13-10-3-8(14)1-2-9(10)11(16)15-12-4-7(5-12)6-12/h1-3,7H,4-6H2,(H,15,16). The molecule has 3 fully saturated rings. The van der Waals surface area contributed by atoms with Gasteiger partial charge in [-0.3, -0.25) is 4.79 Å². The molecular formula is C12H11FINO. The van der Waals surface area contributed by atoms with Crippen LogP contribution in [-0.2, 0) is 0 Å². The van der Waals surface area contributed by atoms with E-state index in [-0.39, 0.29) is 17.0 Å². The molecular weight excluding hydrogens is 320 g/mol. The van der Waals surface area contributed by atoms with Crippen LogP contribution in [0.1, 0.15) is 29.6 Å². The van der Waals surface area contributed by atoms with E-state index in [1.165, 1.54) is 6.07 Å². The topological polar surface area (TPSA) is 29.1 Å². The van der Waals surface area contributed by atoms with Gasteiger partial charge in [-0.05, 0) is 66.0 Å². The van der Waals surface area contributed by atoms with Crippen molar-refractivity contribution in [1.82, 2.24) is 5.32 Å². The molecule has 4 heteroatoms. The lowest BCUT2D eigenvalue weighted by Gasteiger charge is -2.61. The SMILES string of the molecule is O=C(NC12CC(C1)C2)c1ccc(I)cc1F. The molecule has 84 valence electrons. The highest BCUT2D eigenvalue weighted by Gasteiger charge is 2.57. The average molecular weight is 331 g/mol. The monoisotopic (exact) mass is 331 g/mol. The Morgan fingerprint density at radius 1 is 1.44 bits per heavy atom. The summed E-state index contributed by atoms with van der Waals surface area (Å²) in [6, 6.07) is 4.69. The molecule has 0 atom stereocenters. The fraction of sp³-hybridized carbons (Fsp3) is 0.417. The van der Waals surface area contributed by atoms with Gasteiger partial charge >= 0.3 is 0 Å². The summed E-state index contributed by atoms with van der Waals surface area (Å²) in [5, 5.41) is 2.95. The third-order valence-corrected chi connectivity index (χ3v) is 4.26. The number of rotatable bonds is 2. The van der Waals surface area contributed by atoms with Crippen LogP contribution in [0.4, 0.5) is 4.39 Å². The van der Waals surface area contributed by atoms with Crippen LogP contribution in [-0.4, -0.2) is 11.4 Å². The molecule has 16 heavy (non-hydrogen) atoms. The van der Waals surface area contributed by atoms with Gasteiger partial charge in [0.05, 0.1) is 5.56 Å². The lowest BCUT2D eigenvalue weighted by Crippen LogP contribution is -2.68. The number of amides is 1. The summed E-state index contributed by atoms with van der Waals surface area (Å²) in [6.07, 6.45) is 3.22. The largest absolute Gasteiger partial charge is 0.346 e. The molecule has 0 unspecified atom stereocenters. The summed E-state index contributed by atoms with van der Waals surface area (Å²) < 4.78 is 14.3. The third-order valence-electron chi connectivity index (χ3n) is 3.59. The zero-order valence-electron chi connectivity index (χ0n) is 8.59. The molecule has 0 radical (unpaired) electrons. The molecule has 0 saturated heterocycles. The molecule has 1 N–H and O–H groups in total. The van der Waals surface area contributed by atoms with E-state index in [1.807, 2.05) is 22.6 Å². The number of carbonyl (C=O) groups excluding carboxylic acids is 1. The van der Waals surface area contributed by atoms with Crippen molar-refractivity contribution in [3.63, 3.8) is 0 Å². The van der Waals surface area contributed by atoms with Crippen molar-refractivity contribution in [3.05, 3.63) is 33.1 Å². The van der Waals surface area contributed by atoms with E-state index in [1.54, 1.807) is 12.1 Å². The smallest absolute Gasteiger partial charge is 0.254 e.